The molecule has 3 heteroatoms. The normalized spacial score (nSPS) is 11.0. The fraction of sp³-hybridized carbons (Fsp3) is 0.556. The van der Waals surface area contributed by atoms with Crippen LogP contribution in [0.5, 0.6) is 0 Å². The van der Waals surface area contributed by atoms with Crippen molar-refractivity contribution in [2.75, 3.05) is 20.1 Å². The van der Waals surface area contributed by atoms with Crippen molar-refractivity contribution in [2.24, 2.45) is 0 Å². The highest BCUT2D eigenvalue weighted by atomic mass is 79.9. The molecule has 0 aliphatic carbocycles. The zero-order valence-electron chi connectivity index (χ0n) is 7.51. The van der Waals surface area contributed by atoms with Gasteiger partial charge in [0.25, 0.3) is 0 Å². The van der Waals surface area contributed by atoms with Crippen molar-refractivity contribution in [3.8, 4) is 0 Å². The Hall–Kier alpha value is 0.140. The summed E-state index contributed by atoms with van der Waals surface area (Å²) < 4.78 is 1.21. The summed E-state index contributed by atoms with van der Waals surface area (Å²) in [6.07, 6.45) is 1.17. The maximum atomic E-state index is 3.45. The molecule has 0 atom stereocenters. The van der Waals surface area contributed by atoms with Crippen molar-refractivity contribution < 1.29 is 0 Å². The molecule has 68 valence electrons. The van der Waals surface area contributed by atoms with E-state index in [1.54, 1.807) is 0 Å². The molecule has 0 N–H and O–H groups in total. The van der Waals surface area contributed by atoms with E-state index in [4.69, 9.17) is 0 Å². The highest BCUT2D eigenvalue weighted by Crippen LogP contribution is 2.19. The van der Waals surface area contributed by atoms with Crippen LogP contribution in [0.15, 0.2) is 15.9 Å². The summed E-state index contributed by atoms with van der Waals surface area (Å²) in [7, 11) is 2.16. The molecule has 0 aliphatic rings. The summed E-state index contributed by atoms with van der Waals surface area (Å²) >= 11 is 5.28. The van der Waals surface area contributed by atoms with Crippen molar-refractivity contribution in [1.82, 2.24) is 4.90 Å². The Balaban J connectivity index is 2.33. The van der Waals surface area contributed by atoms with Crippen LogP contribution in [0.4, 0.5) is 0 Å². The smallest absolute Gasteiger partial charge is 0.0285 e. The molecule has 0 saturated heterocycles. The van der Waals surface area contributed by atoms with Gasteiger partial charge in [0.2, 0.25) is 0 Å². The van der Waals surface area contributed by atoms with Crippen LogP contribution in [0.1, 0.15) is 11.8 Å². The Morgan fingerprint density at radius 1 is 1.58 bits per heavy atom. The van der Waals surface area contributed by atoms with Gasteiger partial charge in [0.05, 0.1) is 0 Å². The lowest BCUT2D eigenvalue weighted by Crippen LogP contribution is -2.19. The molecule has 0 radical (unpaired) electrons. The lowest BCUT2D eigenvalue weighted by atomic mass is 10.3. The van der Waals surface area contributed by atoms with E-state index < -0.39 is 0 Å². The van der Waals surface area contributed by atoms with Crippen molar-refractivity contribution in [3.05, 3.63) is 20.8 Å². The molecule has 1 heterocycles. The van der Waals surface area contributed by atoms with Crippen LogP contribution in [-0.2, 0) is 6.42 Å². The third-order valence-electron chi connectivity index (χ3n) is 1.90. The van der Waals surface area contributed by atoms with Gasteiger partial charge in [-0.15, -0.1) is 11.3 Å². The molecule has 0 bridgehead atoms. The molecule has 1 rings (SSSR count). The zero-order valence-corrected chi connectivity index (χ0v) is 9.91. The molecule has 0 fully saturated rings. The Kier molecular flexibility index (Phi) is 4.26. The third kappa shape index (κ3) is 3.25. The predicted molar refractivity (Wildman–Crippen MR) is 58.9 cm³/mol. The Bertz CT molecular complexity index is 234. The van der Waals surface area contributed by atoms with Crippen molar-refractivity contribution in [1.29, 1.82) is 0 Å². The van der Waals surface area contributed by atoms with Crippen LogP contribution < -0.4 is 0 Å². The maximum Gasteiger partial charge on any atom is 0.0285 e. The lowest BCUT2D eigenvalue weighted by molar-refractivity contribution is 0.358. The van der Waals surface area contributed by atoms with Gasteiger partial charge < -0.3 is 4.90 Å². The average molecular weight is 248 g/mol. The largest absolute Gasteiger partial charge is 0.306 e. The Morgan fingerprint density at radius 3 is 2.83 bits per heavy atom. The monoisotopic (exact) mass is 247 g/mol. The quantitative estimate of drug-likeness (QED) is 0.791. The molecule has 0 saturated carbocycles. The molecule has 12 heavy (non-hydrogen) atoms. The van der Waals surface area contributed by atoms with E-state index in [1.165, 1.54) is 15.8 Å². The Labute approximate surface area is 86.5 Å². The second kappa shape index (κ2) is 5.00. The minimum Gasteiger partial charge on any atom is -0.306 e. The minimum absolute atomic E-state index is 1.13. The van der Waals surface area contributed by atoms with Crippen LogP contribution >= 0.6 is 27.3 Å². The molecule has 0 spiro atoms. The number of thiophene rings is 1. The van der Waals surface area contributed by atoms with Crippen LogP contribution in [0.2, 0.25) is 0 Å². The van der Waals surface area contributed by atoms with E-state index in [2.05, 4.69) is 46.2 Å². The zero-order chi connectivity index (χ0) is 8.97. The highest BCUT2D eigenvalue weighted by Gasteiger charge is 1.99. The van der Waals surface area contributed by atoms with Gasteiger partial charge in [-0.05, 0) is 42.0 Å². The number of hydrogen-bond acceptors (Lipinski definition) is 2. The second-order valence-corrected chi connectivity index (χ2v) is 4.79. The summed E-state index contributed by atoms with van der Waals surface area (Å²) in [4.78, 5) is 3.79. The first-order chi connectivity index (χ1) is 5.72. The van der Waals surface area contributed by atoms with E-state index >= 15 is 0 Å². The van der Waals surface area contributed by atoms with Gasteiger partial charge >= 0.3 is 0 Å². The molecule has 0 unspecified atom stereocenters. The fourth-order valence-corrected chi connectivity index (χ4v) is 2.39. The molecular formula is C9H14BrNS. The molecule has 1 aromatic rings. The van der Waals surface area contributed by atoms with Gasteiger partial charge in [0, 0.05) is 21.3 Å². The summed E-state index contributed by atoms with van der Waals surface area (Å²) in [5.74, 6) is 0. The first-order valence-electron chi connectivity index (χ1n) is 4.14. The minimum atomic E-state index is 1.13. The van der Waals surface area contributed by atoms with E-state index in [1.807, 2.05) is 11.3 Å². The first-order valence-corrected chi connectivity index (χ1v) is 5.81. The van der Waals surface area contributed by atoms with Crippen LogP contribution in [0.3, 0.4) is 0 Å². The number of nitrogens with zero attached hydrogens (tertiary/aromatic N) is 1. The van der Waals surface area contributed by atoms with Gasteiger partial charge in [0.1, 0.15) is 0 Å². The maximum absolute atomic E-state index is 3.45. The van der Waals surface area contributed by atoms with Gasteiger partial charge in [-0.25, -0.2) is 0 Å². The third-order valence-corrected chi connectivity index (χ3v) is 3.66. The highest BCUT2D eigenvalue weighted by molar-refractivity contribution is 9.10. The summed E-state index contributed by atoms with van der Waals surface area (Å²) in [5.41, 5.74) is 0. The van der Waals surface area contributed by atoms with Gasteiger partial charge in [0.15, 0.2) is 0 Å². The van der Waals surface area contributed by atoms with Crippen LogP contribution in [0, 0.1) is 0 Å². The Morgan fingerprint density at radius 2 is 2.33 bits per heavy atom. The first kappa shape index (κ1) is 10.2. The van der Waals surface area contributed by atoms with Crippen LogP contribution in [0.25, 0.3) is 0 Å². The van der Waals surface area contributed by atoms with Gasteiger partial charge in [-0.1, -0.05) is 6.92 Å². The number of halogens is 1. The van der Waals surface area contributed by atoms with E-state index in [0.717, 1.165) is 13.1 Å². The lowest BCUT2D eigenvalue weighted by Gasteiger charge is -2.11. The van der Waals surface area contributed by atoms with Gasteiger partial charge in [-0.2, -0.15) is 0 Å². The molecule has 0 amide bonds. The van der Waals surface area contributed by atoms with Crippen molar-refractivity contribution in [2.45, 2.75) is 13.3 Å². The summed E-state index contributed by atoms with van der Waals surface area (Å²) in [6, 6.07) is 2.20. The molecule has 1 nitrogen and oxygen atoms in total. The van der Waals surface area contributed by atoms with Crippen molar-refractivity contribution >= 4 is 27.3 Å². The molecule has 0 aromatic carbocycles. The average Bonchev–Trinajstić information content (AvgIpc) is 2.47. The standard InChI is InChI=1S/C9H14BrNS/c1-3-11(2)5-4-9-6-8(10)7-12-9/h6-7H,3-5H2,1-2H3. The predicted octanol–water partition coefficient (Wildman–Crippen LogP) is 3.00. The fourth-order valence-electron chi connectivity index (χ4n) is 0.944. The number of hydrogen-bond donors (Lipinski definition) is 0. The molecule has 0 aliphatic heterocycles. The van der Waals surface area contributed by atoms with Gasteiger partial charge in [-0.3, -0.25) is 0 Å². The van der Waals surface area contributed by atoms with E-state index in [0.29, 0.717) is 0 Å². The SMILES string of the molecule is CCN(C)CCc1cc(Br)cs1. The topological polar surface area (TPSA) is 3.24 Å². The number of rotatable bonds is 4. The molecular weight excluding hydrogens is 234 g/mol. The number of likely N-dealkylation sites (N-methyl/N-ethyl adjacent to an activating group) is 1. The molecule has 1 aromatic heterocycles. The van der Waals surface area contributed by atoms with E-state index in [9.17, 15) is 0 Å². The summed E-state index contributed by atoms with van der Waals surface area (Å²) in [6.45, 7) is 4.47. The van der Waals surface area contributed by atoms with Crippen molar-refractivity contribution in [3.63, 3.8) is 0 Å². The van der Waals surface area contributed by atoms with E-state index in [-0.39, 0.29) is 0 Å². The summed E-state index contributed by atoms with van der Waals surface area (Å²) in [5, 5.41) is 2.14. The second-order valence-electron chi connectivity index (χ2n) is 2.88. The van der Waals surface area contributed by atoms with Crippen LogP contribution in [-0.4, -0.2) is 25.0 Å².